The number of ether oxygens (including phenoxy) is 1. The molecule has 16 nitrogen and oxygen atoms in total. The summed E-state index contributed by atoms with van der Waals surface area (Å²) < 4.78 is 45.9. The van der Waals surface area contributed by atoms with Gasteiger partial charge in [0.15, 0.2) is 0 Å². The highest BCUT2D eigenvalue weighted by molar-refractivity contribution is 6.28. The molecule has 0 spiro atoms. The van der Waals surface area contributed by atoms with Gasteiger partial charge in [-0.1, -0.05) is 41.5 Å². The number of fused-ring (bicyclic) bond motifs is 7. The molecule has 20 heteroatoms. The predicted octanol–water partition coefficient (Wildman–Crippen LogP) is 13.1. The van der Waals surface area contributed by atoms with Crippen LogP contribution in [-0.4, -0.2) is 113 Å². The van der Waals surface area contributed by atoms with E-state index in [2.05, 4.69) is 82.6 Å². The van der Waals surface area contributed by atoms with Crippen LogP contribution in [0.25, 0.3) is 0 Å². The molecular weight excluding hydrogens is 1110 g/mol. The number of amides is 1. The Bertz CT molecular complexity index is 3420. The molecule has 4 bridgehead atoms. The number of rotatable bonds is 10. The highest BCUT2D eigenvalue weighted by atomic mass is 35.5. The van der Waals surface area contributed by atoms with Gasteiger partial charge in [-0.2, -0.15) is 4.98 Å². The minimum atomic E-state index is -0.487. The van der Waals surface area contributed by atoms with Crippen molar-refractivity contribution in [3.8, 4) is 0 Å². The van der Waals surface area contributed by atoms with Crippen LogP contribution in [0.3, 0.4) is 0 Å². The second-order valence-electron chi connectivity index (χ2n) is 27.5. The molecular formula is C66H84ClF3N14O2. The highest BCUT2D eigenvalue weighted by Gasteiger charge is 2.47. The van der Waals surface area contributed by atoms with Crippen molar-refractivity contribution in [1.82, 2.24) is 40.1 Å². The second-order valence-corrected chi connectivity index (χ2v) is 27.8. The van der Waals surface area contributed by atoms with Crippen LogP contribution in [0, 0.1) is 53.0 Å². The van der Waals surface area contributed by atoms with Crippen molar-refractivity contribution >= 4 is 69.7 Å². The third kappa shape index (κ3) is 12.2. The number of halogens is 4. The van der Waals surface area contributed by atoms with E-state index in [9.17, 15) is 18.0 Å². The molecule has 13 rings (SSSR count). The van der Waals surface area contributed by atoms with E-state index in [4.69, 9.17) is 36.3 Å². The SMILES string of the molecule is CNc1nc(CC2C3CCC2CN(C(=O)OC(C)(C)C)C3)nc2c1C(C)(C)CN2c1ccc(F)cc1.CNc1nc(CC2C3CCC2CNC3)nc2c1C(C)(C)CN2c1ccc(F)cc1.CNc1nc(Cl)nc2c1C(C)(C)CN2c1ccc(F)cc1. The summed E-state index contributed by atoms with van der Waals surface area (Å²) in [5.74, 6) is 9.68. The number of carbonyl (C=O) groups excluding carboxylic acids is 1. The van der Waals surface area contributed by atoms with Gasteiger partial charge in [-0.25, -0.2) is 42.9 Å². The molecule has 86 heavy (non-hydrogen) atoms. The van der Waals surface area contributed by atoms with Crippen molar-refractivity contribution in [2.75, 3.05) is 97.6 Å². The van der Waals surface area contributed by atoms with Gasteiger partial charge in [-0.15, -0.1) is 0 Å². The van der Waals surface area contributed by atoms with Gasteiger partial charge in [0.05, 0.1) is 0 Å². The normalized spacial score (nSPS) is 23.3. The molecule has 6 aromatic rings. The third-order valence-electron chi connectivity index (χ3n) is 18.8. The highest BCUT2D eigenvalue weighted by Crippen LogP contribution is 2.51. The smallest absolute Gasteiger partial charge is 0.410 e. The van der Waals surface area contributed by atoms with E-state index in [0.717, 1.165) is 164 Å². The lowest BCUT2D eigenvalue weighted by molar-refractivity contribution is 0.00786. The first-order valence-electron chi connectivity index (χ1n) is 30.6. The van der Waals surface area contributed by atoms with Crippen LogP contribution in [-0.2, 0) is 33.8 Å². The van der Waals surface area contributed by atoms with E-state index in [1.165, 1.54) is 49.2 Å². The van der Waals surface area contributed by atoms with Crippen LogP contribution < -0.4 is 36.0 Å². The molecule has 4 fully saturated rings. The van der Waals surface area contributed by atoms with Crippen LogP contribution in [0.1, 0.15) is 116 Å². The number of anilines is 9. The standard InChI is InChI=1S/C28H38FN5O2.C23H30FN5.C15H16ClFN4/c1-27(2,3)36-26(35)33-14-17-7-8-18(15-33)21(17)13-22-31-24(30-6)23-25(32-22)34(16-28(23,4)5)20-11-9-19(29)10-12-20;1-23(2)13-29(17-8-6-16(24)7-9-17)22-20(23)21(25-3)27-19(28-22)10-18-14-4-5-15(18)12-26-11-14;1-15(2)8-21(10-6-4-9(17)5-7-10)13-11(15)12(18-3)19-14(16)20-13/h9-12,17-18,21H,7-8,13-16H2,1-6H3,(H,30,31,32);6-9,14-15,18,26H,4-5,10-13H2,1-3H3,(H,25,27,28);4-7H,8H2,1-3H3,(H,18,19,20). The zero-order valence-corrected chi connectivity index (χ0v) is 52.6. The molecule has 4 N–H and O–H groups in total. The fraction of sp³-hybridized carbons (Fsp3) is 0.530. The number of hydrogen-bond acceptors (Lipinski definition) is 15. The maximum atomic E-state index is 13.6. The lowest BCUT2D eigenvalue weighted by atomic mass is 9.82. The lowest BCUT2D eigenvalue weighted by Crippen LogP contribution is -2.47. The molecule has 4 atom stereocenters. The number of nitrogens with one attached hydrogen (secondary N) is 4. The van der Waals surface area contributed by atoms with E-state index >= 15 is 0 Å². The molecule has 3 aromatic heterocycles. The number of likely N-dealkylation sites (tertiary alicyclic amines) is 1. The van der Waals surface area contributed by atoms with Crippen molar-refractivity contribution in [2.24, 2.45) is 35.5 Å². The summed E-state index contributed by atoms with van der Waals surface area (Å²) in [5.41, 5.74) is 5.21. The van der Waals surface area contributed by atoms with Gasteiger partial charge >= 0.3 is 6.09 Å². The third-order valence-corrected chi connectivity index (χ3v) is 18.9. The van der Waals surface area contributed by atoms with Crippen LogP contribution in [0.4, 0.5) is 69.9 Å². The Balaban J connectivity index is 0.000000139. The van der Waals surface area contributed by atoms with Gasteiger partial charge in [-0.05, 0) is 179 Å². The quantitative estimate of drug-likeness (QED) is 0.0957. The van der Waals surface area contributed by atoms with Gasteiger partial charge in [0.25, 0.3) is 0 Å². The van der Waals surface area contributed by atoms with Crippen LogP contribution >= 0.6 is 11.6 Å². The summed E-state index contributed by atoms with van der Waals surface area (Å²) in [5, 5.41) is 13.5. The fourth-order valence-electron chi connectivity index (χ4n) is 14.8. The van der Waals surface area contributed by atoms with Crippen LogP contribution in [0.2, 0.25) is 5.28 Å². The van der Waals surface area contributed by atoms with Gasteiger partial charge in [0.2, 0.25) is 5.28 Å². The van der Waals surface area contributed by atoms with Crippen molar-refractivity contribution < 1.29 is 22.7 Å². The summed E-state index contributed by atoms with van der Waals surface area (Å²) in [4.78, 5) is 49.8. The number of aromatic nitrogens is 6. The van der Waals surface area contributed by atoms with Crippen molar-refractivity contribution in [3.63, 3.8) is 0 Å². The summed E-state index contributed by atoms with van der Waals surface area (Å²) in [6.45, 7) is 24.9. The molecule has 2 aliphatic carbocycles. The summed E-state index contributed by atoms with van der Waals surface area (Å²) in [6.07, 6.45) is 6.40. The zero-order chi connectivity index (χ0) is 61.2. The van der Waals surface area contributed by atoms with Gasteiger partial charge in [0, 0.05) is 117 Å². The topological polar surface area (TPSA) is 165 Å². The monoisotopic (exact) mass is 1200 g/mol. The fourth-order valence-corrected chi connectivity index (χ4v) is 15.0. The maximum absolute atomic E-state index is 13.6. The Morgan fingerprint density at radius 3 is 1.24 bits per heavy atom. The minimum Gasteiger partial charge on any atom is -0.444 e. The number of benzene rings is 3. The summed E-state index contributed by atoms with van der Waals surface area (Å²) in [6, 6.07) is 19.7. The van der Waals surface area contributed by atoms with Gasteiger partial charge in [0.1, 0.15) is 69.6 Å². The second kappa shape index (κ2) is 23.6. The molecule has 0 radical (unpaired) electrons. The summed E-state index contributed by atoms with van der Waals surface area (Å²) >= 11 is 6.03. The summed E-state index contributed by atoms with van der Waals surface area (Å²) in [7, 11) is 5.67. The van der Waals surface area contributed by atoms with Crippen LogP contribution in [0.5, 0.6) is 0 Å². The number of carbonyl (C=O) groups is 1. The molecule has 5 aliphatic heterocycles. The largest absolute Gasteiger partial charge is 0.444 e. The predicted molar refractivity (Wildman–Crippen MR) is 337 cm³/mol. The molecule has 2 saturated carbocycles. The Labute approximate surface area is 509 Å². The first-order chi connectivity index (χ1) is 40.8. The van der Waals surface area contributed by atoms with E-state index in [-0.39, 0.29) is 45.1 Å². The Morgan fingerprint density at radius 2 is 0.884 bits per heavy atom. The molecule has 7 aliphatic rings. The number of piperidine rings is 2. The average molecular weight is 1200 g/mol. The zero-order valence-electron chi connectivity index (χ0n) is 51.9. The Hall–Kier alpha value is -6.99. The van der Waals surface area contributed by atoms with E-state index < -0.39 is 5.60 Å². The van der Waals surface area contributed by atoms with Gasteiger partial charge < -0.3 is 45.6 Å². The Kier molecular flexibility index (Phi) is 16.7. The van der Waals surface area contributed by atoms with Crippen molar-refractivity contribution in [2.45, 2.75) is 123 Å². The molecule has 4 unspecified atom stereocenters. The first kappa shape index (κ1) is 60.7. The number of hydrogen-bond donors (Lipinski definition) is 4. The molecule has 3 aromatic carbocycles. The molecule has 1 amide bonds. The minimum absolute atomic E-state index is 0.0889. The lowest BCUT2D eigenvalue weighted by Gasteiger charge is -2.38. The molecule has 2 saturated heterocycles. The van der Waals surface area contributed by atoms with E-state index in [1.54, 1.807) is 12.1 Å². The average Bonchev–Trinajstić information content (AvgIpc) is 1.71. The molecule has 8 heterocycles. The molecule has 458 valence electrons. The van der Waals surface area contributed by atoms with E-state index in [0.29, 0.717) is 23.7 Å². The maximum Gasteiger partial charge on any atom is 0.410 e. The van der Waals surface area contributed by atoms with Crippen molar-refractivity contribution in [1.29, 1.82) is 0 Å². The Morgan fingerprint density at radius 1 is 0.547 bits per heavy atom. The van der Waals surface area contributed by atoms with E-state index in [1.807, 2.05) is 76.0 Å². The van der Waals surface area contributed by atoms with Crippen molar-refractivity contribution in [3.05, 3.63) is 124 Å². The first-order valence-corrected chi connectivity index (χ1v) is 30.9. The van der Waals surface area contributed by atoms with Crippen LogP contribution in [0.15, 0.2) is 72.8 Å². The van der Waals surface area contributed by atoms with Gasteiger partial charge in [-0.3, -0.25) is 0 Å². The number of nitrogens with zero attached hydrogens (tertiary/aromatic N) is 10.